The Morgan fingerprint density at radius 1 is 1.25 bits per heavy atom. The maximum Gasteiger partial charge on any atom is 0.0622 e. The highest BCUT2D eigenvalue weighted by molar-refractivity contribution is 6.31. The van der Waals surface area contributed by atoms with Crippen LogP contribution in [-0.4, -0.2) is 11.5 Å². The van der Waals surface area contributed by atoms with Crippen molar-refractivity contribution in [3.05, 3.63) is 63.4 Å². The number of aromatic nitrogens is 1. The lowest BCUT2D eigenvalue weighted by molar-refractivity contribution is 0.547. The number of halogens is 2. The Balaban J connectivity index is 2.32. The molecule has 0 fully saturated rings. The van der Waals surface area contributed by atoms with Gasteiger partial charge in [-0.3, -0.25) is 4.98 Å². The molecule has 0 spiro atoms. The van der Waals surface area contributed by atoms with E-state index in [2.05, 4.69) is 30.2 Å². The summed E-state index contributed by atoms with van der Waals surface area (Å²) in [5.74, 6) is 0. The van der Waals surface area contributed by atoms with E-state index in [9.17, 15) is 0 Å². The molecule has 1 unspecified atom stereocenters. The third kappa shape index (κ3) is 3.72. The van der Waals surface area contributed by atoms with Crippen molar-refractivity contribution in [3.63, 3.8) is 0 Å². The predicted molar refractivity (Wildman–Crippen MR) is 85.6 cm³/mol. The van der Waals surface area contributed by atoms with E-state index in [0.717, 1.165) is 23.6 Å². The standard InChI is InChI=1S/C16H18Cl2N2/c1-3-20-16(8-12-6-7-19-10-15(12)18)14-9-13(17)5-4-11(14)2/h4-7,9-10,16,20H,3,8H2,1-2H3. The fourth-order valence-corrected chi connectivity index (χ4v) is 2.69. The highest BCUT2D eigenvalue weighted by Gasteiger charge is 2.15. The van der Waals surface area contributed by atoms with Crippen molar-refractivity contribution in [1.82, 2.24) is 10.3 Å². The third-order valence-electron chi connectivity index (χ3n) is 3.35. The topological polar surface area (TPSA) is 24.9 Å². The van der Waals surface area contributed by atoms with Gasteiger partial charge in [-0.1, -0.05) is 36.2 Å². The van der Waals surface area contributed by atoms with Gasteiger partial charge in [0.25, 0.3) is 0 Å². The van der Waals surface area contributed by atoms with Crippen molar-refractivity contribution in [2.24, 2.45) is 0 Å². The zero-order valence-corrected chi connectivity index (χ0v) is 13.2. The van der Waals surface area contributed by atoms with Gasteiger partial charge in [-0.25, -0.2) is 0 Å². The number of rotatable bonds is 5. The molecule has 1 heterocycles. The van der Waals surface area contributed by atoms with Crippen molar-refractivity contribution in [2.75, 3.05) is 6.54 Å². The summed E-state index contributed by atoms with van der Waals surface area (Å²) in [5, 5.41) is 4.97. The zero-order chi connectivity index (χ0) is 14.5. The molecule has 0 bridgehead atoms. The first-order valence-corrected chi connectivity index (χ1v) is 7.45. The molecule has 0 aliphatic rings. The van der Waals surface area contributed by atoms with Gasteiger partial charge in [0.1, 0.15) is 0 Å². The molecule has 1 aromatic heterocycles. The zero-order valence-electron chi connectivity index (χ0n) is 11.7. The molecule has 20 heavy (non-hydrogen) atoms. The quantitative estimate of drug-likeness (QED) is 0.874. The maximum atomic E-state index is 6.21. The van der Waals surface area contributed by atoms with Crippen LogP contribution in [0.15, 0.2) is 36.7 Å². The molecule has 0 saturated heterocycles. The second-order valence-corrected chi connectivity index (χ2v) is 5.63. The summed E-state index contributed by atoms with van der Waals surface area (Å²) in [4.78, 5) is 4.03. The van der Waals surface area contributed by atoms with E-state index >= 15 is 0 Å². The average molecular weight is 309 g/mol. The van der Waals surface area contributed by atoms with Crippen molar-refractivity contribution < 1.29 is 0 Å². The van der Waals surface area contributed by atoms with E-state index in [1.807, 2.05) is 18.2 Å². The van der Waals surface area contributed by atoms with Crippen LogP contribution in [0.4, 0.5) is 0 Å². The molecule has 106 valence electrons. The Bertz CT molecular complexity index is 584. The minimum Gasteiger partial charge on any atom is -0.310 e. The number of likely N-dealkylation sites (N-methyl/N-ethyl adjacent to an activating group) is 1. The fourth-order valence-electron chi connectivity index (χ4n) is 2.31. The summed E-state index contributed by atoms with van der Waals surface area (Å²) in [6.07, 6.45) is 4.27. The number of aryl methyl sites for hydroxylation is 1. The van der Waals surface area contributed by atoms with Crippen LogP contribution in [0.1, 0.15) is 29.7 Å². The first kappa shape index (κ1) is 15.3. The molecular weight excluding hydrogens is 291 g/mol. The minimum atomic E-state index is 0.193. The second kappa shape index (κ2) is 7.07. The van der Waals surface area contributed by atoms with E-state index < -0.39 is 0 Å². The summed E-state index contributed by atoms with van der Waals surface area (Å²) >= 11 is 12.3. The monoisotopic (exact) mass is 308 g/mol. The lowest BCUT2D eigenvalue weighted by Gasteiger charge is -2.21. The summed E-state index contributed by atoms with van der Waals surface area (Å²) in [7, 11) is 0. The Labute approximate surface area is 130 Å². The molecule has 4 heteroatoms. The van der Waals surface area contributed by atoms with E-state index in [4.69, 9.17) is 23.2 Å². The van der Waals surface area contributed by atoms with Crippen LogP contribution in [0.25, 0.3) is 0 Å². The molecule has 2 aromatic rings. The number of nitrogens with zero attached hydrogens (tertiary/aromatic N) is 1. The molecule has 1 N–H and O–H groups in total. The molecule has 2 nitrogen and oxygen atoms in total. The molecule has 1 atom stereocenters. The number of nitrogens with one attached hydrogen (secondary N) is 1. The van der Waals surface area contributed by atoms with Crippen molar-refractivity contribution in [1.29, 1.82) is 0 Å². The van der Waals surface area contributed by atoms with Crippen LogP contribution in [0, 0.1) is 6.92 Å². The average Bonchev–Trinajstić information content (AvgIpc) is 2.43. The summed E-state index contributed by atoms with van der Waals surface area (Å²) < 4.78 is 0. The van der Waals surface area contributed by atoms with Crippen molar-refractivity contribution in [3.8, 4) is 0 Å². The first-order valence-electron chi connectivity index (χ1n) is 6.69. The van der Waals surface area contributed by atoms with Gasteiger partial charge in [-0.05, 0) is 54.8 Å². The van der Waals surface area contributed by atoms with Crippen LogP contribution >= 0.6 is 23.2 Å². The largest absolute Gasteiger partial charge is 0.310 e. The highest BCUT2D eigenvalue weighted by atomic mass is 35.5. The van der Waals surface area contributed by atoms with Gasteiger partial charge in [0.15, 0.2) is 0 Å². The molecule has 0 aliphatic carbocycles. The Hall–Kier alpha value is -1.09. The van der Waals surface area contributed by atoms with E-state index in [1.165, 1.54) is 11.1 Å². The van der Waals surface area contributed by atoms with Gasteiger partial charge < -0.3 is 5.32 Å². The van der Waals surface area contributed by atoms with Crippen LogP contribution < -0.4 is 5.32 Å². The molecule has 1 aromatic carbocycles. The minimum absolute atomic E-state index is 0.193. The lowest BCUT2D eigenvalue weighted by atomic mass is 9.95. The van der Waals surface area contributed by atoms with Gasteiger partial charge in [0.05, 0.1) is 5.02 Å². The van der Waals surface area contributed by atoms with Gasteiger partial charge in [-0.15, -0.1) is 0 Å². The highest BCUT2D eigenvalue weighted by Crippen LogP contribution is 2.27. The van der Waals surface area contributed by atoms with E-state index in [0.29, 0.717) is 5.02 Å². The fraction of sp³-hybridized carbons (Fsp3) is 0.312. The molecule has 0 aliphatic heterocycles. The van der Waals surface area contributed by atoms with Gasteiger partial charge >= 0.3 is 0 Å². The number of hydrogen-bond donors (Lipinski definition) is 1. The van der Waals surface area contributed by atoms with Crippen LogP contribution in [0.3, 0.4) is 0 Å². The summed E-state index contributed by atoms with van der Waals surface area (Å²) in [5.41, 5.74) is 3.53. The molecule has 0 saturated carbocycles. The SMILES string of the molecule is CCNC(Cc1ccncc1Cl)c1cc(Cl)ccc1C. The molecular formula is C16H18Cl2N2. The van der Waals surface area contributed by atoms with Crippen LogP contribution in [0.2, 0.25) is 10.0 Å². The normalized spacial score (nSPS) is 12.4. The van der Waals surface area contributed by atoms with Gasteiger partial charge in [-0.2, -0.15) is 0 Å². The smallest absolute Gasteiger partial charge is 0.0622 e. The molecule has 0 amide bonds. The predicted octanol–water partition coefficient (Wildman–Crippen LogP) is 4.59. The second-order valence-electron chi connectivity index (χ2n) is 4.78. The van der Waals surface area contributed by atoms with E-state index in [1.54, 1.807) is 12.4 Å². The number of benzene rings is 1. The Morgan fingerprint density at radius 2 is 2.05 bits per heavy atom. The molecule has 0 radical (unpaired) electrons. The maximum absolute atomic E-state index is 6.21. The first-order chi connectivity index (χ1) is 9.61. The Morgan fingerprint density at radius 3 is 2.75 bits per heavy atom. The summed E-state index contributed by atoms with van der Waals surface area (Å²) in [6.45, 7) is 5.09. The van der Waals surface area contributed by atoms with Crippen molar-refractivity contribution >= 4 is 23.2 Å². The third-order valence-corrected chi connectivity index (χ3v) is 3.92. The number of hydrogen-bond acceptors (Lipinski definition) is 2. The Kier molecular flexibility index (Phi) is 5.41. The number of pyridine rings is 1. The molecule has 2 rings (SSSR count). The van der Waals surface area contributed by atoms with Gasteiger partial charge in [0.2, 0.25) is 0 Å². The van der Waals surface area contributed by atoms with Crippen molar-refractivity contribution in [2.45, 2.75) is 26.3 Å². The lowest BCUT2D eigenvalue weighted by Crippen LogP contribution is -2.24. The van der Waals surface area contributed by atoms with E-state index in [-0.39, 0.29) is 6.04 Å². The van der Waals surface area contributed by atoms with Crippen LogP contribution in [0.5, 0.6) is 0 Å². The van der Waals surface area contributed by atoms with Gasteiger partial charge in [0, 0.05) is 23.5 Å². The van der Waals surface area contributed by atoms with Crippen LogP contribution in [-0.2, 0) is 6.42 Å². The summed E-state index contributed by atoms with van der Waals surface area (Å²) in [6, 6.07) is 8.16.